The van der Waals surface area contributed by atoms with Crippen LogP contribution in [0, 0.1) is 6.92 Å². The minimum atomic E-state index is 0.912. The highest BCUT2D eigenvalue weighted by molar-refractivity contribution is 7.46. The van der Waals surface area contributed by atoms with Crippen molar-refractivity contribution in [3.8, 4) is 0 Å². The van der Waals surface area contributed by atoms with Crippen LogP contribution in [0.1, 0.15) is 5.56 Å². The fourth-order valence-electron chi connectivity index (χ4n) is 0.909. The maximum Gasteiger partial charge on any atom is -0.0239 e. The summed E-state index contributed by atoms with van der Waals surface area (Å²) in [6.07, 6.45) is 0. The summed E-state index contributed by atoms with van der Waals surface area (Å²) in [5.74, 6) is 0. The molecule has 0 radical (unpaired) electrons. The van der Waals surface area contributed by atoms with Crippen molar-refractivity contribution in [3.63, 3.8) is 0 Å². The molecule has 1 aromatic carbocycles. The average molecular weight is 170 g/mol. The molecular weight excluding hydrogens is 158 g/mol. The summed E-state index contributed by atoms with van der Waals surface area (Å²) in [5.41, 5.74) is 1.41. The lowest BCUT2D eigenvalue weighted by molar-refractivity contribution is 1.53. The van der Waals surface area contributed by atoms with Crippen molar-refractivity contribution in [2.75, 3.05) is 6.66 Å². The Hall–Kier alpha value is 0.0800. The summed E-state index contributed by atoms with van der Waals surface area (Å²) in [6, 6.07) is 6.54. The van der Waals surface area contributed by atoms with Crippen LogP contribution in [0.3, 0.4) is 0 Å². The molecular formula is C8H12P2. The fourth-order valence-corrected chi connectivity index (χ4v) is 2.13. The Kier molecular flexibility index (Phi) is 2.83. The summed E-state index contributed by atoms with van der Waals surface area (Å²) >= 11 is 0. The summed E-state index contributed by atoms with van der Waals surface area (Å²) in [4.78, 5) is 0. The highest BCUT2D eigenvalue weighted by atomic mass is 31.1. The first-order valence-corrected chi connectivity index (χ1v) is 5.35. The van der Waals surface area contributed by atoms with Crippen molar-refractivity contribution in [2.45, 2.75) is 6.92 Å². The summed E-state index contributed by atoms with van der Waals surface area (Å²) in [7, 11) is 3.63. The smallest absolute Gasteiger partial charge is 0.0239 e. The molecule has 0 saturated heterocycles. The lowest BCUT2D eigenvalue weighted by atomic mass is 10.2. The standard InChI is InChI=1S/C8H12P2/c1-6-3-4-7(9)5-8(6)10-2/h3-5,10H,9H2,1-2H3. The first-order valence-electron chi connectivity index (χ1n) is 3.28. The second kappa shape index (κ2) is 3.46. The number of benzene rings is 1. The molecule has 10 heavy (non-hydrogen) atoms. The van der Waals surface area contributed by atoms with Crippen LogP contribution in [-0.4, -0.2) is 6.66 Å². The molecule has 0 N–H and O–H groups in total. The van der Waals surface area contributed by atoms with Crippen LogP contribution in [0.25, 0.3) is 0 Å². The Balaban J connectivity index is 3.09. The molecule has 2 atom stereocenters. The van der Waals surface area contributed by atoms with Gasteiger partial charge in [-0.15, -0.1) is 9.24 Å². The lowest BCUT2D eigenvalue weighted by Crippen LogP contribution is -2.05. The van der Waals surface area contributed by atoms with Gasteiger partial charge in [0, 0.05) is 0 Å². The highest BCUT2D eigenvalue weighted by Crippen LogP contribution is 2.07. The molecule has 1 aromatic rings. The third-order valence-electron chi connectivity index (χ3n) is 1.53. The van der Waals surface area contributed by atoms with Crippen molar-refractivity contribution in [3.05, 3.63) is 23.8 Å². The van der Waals surface area contributed by atoms with Crippen molar-refractivity contribution in [2.24, 2.45) is 0 Å². The minimum Gasteiger partial charge on any atom is -0.106 e. The van der Waals surface area contributed by atoms with E-state index < -0.39 is 0 Å². The van der Waals surface area contributed by atoms with Gasteiger partial charge in [0.05, 0.1) is 0 Å². The van der Waals surface area contributed by atoms with Gasteiger partial charge in [-0.3, -0.25) is 0 Å². The largest absolute Gasteiger partial charge is 0.106 e. The topological polar surface area (TPSA) is 0 Å². The molecule has 54 valence electrons. The molecule has 1 rings (SSSR count). The van der Waals surface area contributed by atoms with E-state index in [0.29, 0.717) is 0 Å². The molecule has 0 aliphatic carbocycles. The van der Waals surface area contributed by atoms with E-state index in [-0.39, 0.29) is 0 Å². The van der Waals surface area contributed by atoms with Crippen molar-refractivity contribution < 1.29 is 0 Å². The number of hydrogen-bond acceptors (Lipinski definition) is 0. The molecule has 0 aliphatic rings. The normalized spacial score (nSPS) is 11.1. The quantitative estimate of drug-likeness (QED) is 0.559. The maximum atomic E-state index is 2.72. The Bertz CT molecular complexity index is 231. The molecule has 2 unspecified atom stereocenters. The van der Waals surface area contributed by atoms with Crippen LogP contribution < -0.4 is 10.6 Å². The molecule has 0 nitrogen and oxygen atoms in total. The zero-order valence-electron chi connectivity index (χ0n) is 6.31. The minimum absolute atomic E-state index is 0.912. The molecule has 2 heteroatoms. The van der Waals surface area contributed by atoms with E-state index in [1.54, 1.807) is 0 Å². The summed E-state index contributed by atoms with van der Waals surface area (Å²) in [6.45, 7) is 4.38. The van der Waals surface area contributed by atoms with Gasteiger partial charge in [-0.25, -0.2) is 0 Å². The molecule has 0 heterocycles. The summed E-state index contributed by atoms with van der Waals surface area (Å²) < 4.78 is 0. The Morgan fingerprint density at radius 2 is 2.10 bits per heavy atom. The average Bonchev–Trinajstić information content (AvgIpc) is 1.94. The molecule has 0 spiro atoms. The van der Waals surface area contributed by atoms with Crippen molar-refractivity contribution >= 4 is 28.4 Å². The van der Waals surface area contributed by atoms with Crippen LogP contribution in [0.5, 0.6) is 0 Å². The van der Waals surface area contributed by atoms with Crippen LogP contribution in [-0.2, 0) is 0 Å². The second-order valence-corrected chi connectivity index (χ2v) is 4.03. The third kappa shape index (κ3) is 1.78. The fraction of sp³-hybridized carbons (Fsp3) is 0.250. The SMILES string of the molecule is CPc1cc(P)ccc1C. The van der Waals surface area contributed by atoms with E-state index in [1.165, 1.54) is 16.2 Å². The lowest BCUT2D eigenvalue weighted by Gasteiger charge is -2.02. The Morgan fingerprint density at radius 1 is 1.40 bits per heavy atom. The maximum absolute atomic E-state index is 2.72. The first kappa shape index (κ1) is 8.18. The van der Waals surface area contributed by atoms with E-state index in [1.807, 2.05) is 0 Å². The van der Waals surface area contributed by atoms with Crippen LogP contribution in [0.4, 0.5) is 0 Å². The van der Waals surface area contributed by atoms with Gasteiger partial charge in [-0.05, 0) is 35.8 Å². The van der Waals surface area contributed by atoms with Crippen molar-refractivity contribution in [1.29, 1.82) is 0 Å². The van der Waals surface area contributed by atoms with Gasteiger partial charge in [0.15, 0.2) is 0 Å². The first-order chi connectivity index (χ1) is 4.74. The Morgan fingerprint density at radius 3 is 2.60 bits per heavy atom. The van der Waals surface area contributed by atoms with Crippen LogP contribution in [0.15, 0.2) is 18.2 Å². The van der Waals surface area contributed by atoms with Crippen LogP contribution >= 0.6 is 17.8 Å². The third-order valence-corrected chi connectivity index (χ3v) is 2.97. The van der Waals surface area contributed by atoms with E-state index >= 15 is 0 Å². The predicted molar refractivity (Wildman–Crippen MR) is 54.4 cm³/mol. The molecule has 0 fully saturated rings. The number of aryl methyl sites for hydroxylation is 1. The zero-order valence-corrected chi connectivity index (χ0v) is 8.46. The second-order valence-electron chi connectivity index (χ2n) is 2.32. The van der Waals surface area contributed by atoms with E-state index in [4.69, 9.17) is 0 Å². The summed E-state index contributed by atoms with van der Waals surface area (Å²) in [5, 5.41) is 2.77. The number of rotatable bonds is 1. The predicted octanol–water partition coefficient (Wildman–Crippen LogP) is 1.43. The van der Waals surface area contributed by atoms with Gasteiger partial charge in [0.2, 0.25) is 0 Å². The molecule has 0 aliphatic heterocycles. The Labute approximate surface area is 66.4 Å². The molecule has 0 aromatic heterocycles. The monoisotopic (exact) mass is 170 g/mol. The molecule has 0 saturated carbocycles. The molecule has 0 amide bonds. The highest BCUT2D eigenvalue weighted by Gasteiger charge is 1.93. The van der Waals surface area contributed by atoms with Gasteiger partial charge in [0.25, 0.3) is 0 Å². The van der Waals surface area contributed by atoms with E-state index in [9.17, 15) is 0 Å². The van der Waals surface area contributed by atoms with E-state index in [0.717, 1.165) is 8.58 Å². The molecule has 0 bridgehead atoms. The van der Waals surface area contributed by atoms with Gasteiger partial charge >= 0.3 is 0 Å². The zero-order chi connectivity index (χ0) is 7.56. The van der Waals surface area contributed by atoms with Crippen molar-refractivity contribution in [1.82, 2.24) is 0 Å². The van der Waals surface area contributed by atoms with Gasteiger partial charge in [-0.1, -0.05) is 20.7 Å². The van der Waals surface area contributed by atoms with E-state index in [2.05, 4.69) is 41.0 Å². The van der Waals surface area contributed by atoms with Gasteiger partial charge in [0.1, 0.15) is 0 Å². The number of hydrogen-bond donors (Lipinski definition) is 0. The van der Waals surface area contributed by atoms with Crippen LogP contribution in [0.2, 0.25) is 0 Å². The van der Waals surface area contributed by atoms with Gasteiger partial charge < -0.3 is 0 Å². The van der Waals surface area contributed by atoms with Gasteiger partial charge in [-0.2, -0.15) is 0 Å².